The van der Waals surface area contributed by atoms with Gasteiger partial charge in [-0.25, -0.2) is 0 Å². The first-order valence-corrected chi connectivity index (χ1v) is 7.58. The van der Waals surface area contributed by atoms with Crippen molar-refractivity contribution in [2.45, 2.75) is 25.7 Å². The van der Waals surface area contributed by atoms with E-state index >= 15 is 0 Å². The van der Waals surface area contributed by atoms with Gasteiger partial charge in [-0.3, -0.25) is 4.79 Å². The van der Waals surface area contributed by atoms with Crippen LogP contribution in [-0.4, -0.2) is 19.6 Å². The minimum Gasteiger partial charge on any atom is -0.494 e. The molecule has 2 rings (SSSR count). The molecule has 4 nitrogen and oxygen atoms in total. The standard InChI is InChI=1S/C16H19ClO4/c1-19-15-11-21-14-7-6-12(10-13(14)16(15)18)20-9-5-3-2-4-8-17/h6-7,10-11H,2-5,8-9H2,1H3. The monoisotopic (exact) mass is 310 g/mol. The number of hydrogen-bond acceptors (Lipinski definition) is 4. The summed E-state index contributed by atoms with van der Waals surface area (Å²) in [5.41, 5.74) is 0.335. The Bertz CT molecular complexity index is 636. The van der Waals surface area contributed by atoms with Crippen LogP contribution in [0.25, 0.3) is 11.0 Å². The number of methoxy groups -OCH3 is 1. The first-order chi connectivity index (χ1) is 10.3. The molecule has 1 aromatic carbocycles. The van der Waals surface area contributed by atoms with E-state index in [0.29, 0.717) is 29.2 Å². The van der Waals surface area contributed by atoms with Crippen molar-refractivity contribution in [2.24, 2.45) is 0 Å². The lowest BCUT2D eigenvalue weighted by atomic mass is 10.2. The highest BCUT2D eigenvalue weighted by atomic mass is 35.5. The van der Waals surface area contributed by atoms with Crippen LogP contribution in [-0.2, 0) is 0 Å². The highest BCUT2D eigenvalue weighted by molar-refractivity contribution is 6.17. The highest BCUT2D eigenvalue weighted by Gasteiger charge is 2.08. The lowest BCUT2D eigenvalue weighted by molar-refractivity contribution is 0.305. The van der Waals surface area contributed by atoms with Crippen molar-refractivity contribution < 1.29 is 13.9 Å². The molecule has 0 aliphatic carbocycles. The summed E-state index contributed by atoms with van der Waals surface area (Å²) in [7, 11) is 1.44. The average Bonchev–Trinajstić information content (AvgIpc) is 2.51. The lowest BCUT2D eigenvalue weighted by Crippen LogP contribution is -2.05. The minimum absolute atomic E-state index is 0.189. The Balaban J connectivity index is 2.01. The fourth-order valence-corrected chi connectivity index (χ4v) is 2.25. The van der Waals surface area contributed by atoms with Gasteiger partial charge in [0.1, 0.15) is 17.6 Å². The number of alkyl halides is 1. The first-order valence-electron chi connectivity index (χ1n) is 7.04. The van der Waals surface area contributed by atoms with Crippen molar-refractivity contribution in [2.75, 3.05) is 19.6 Å². The lowest BCUT2D eigenvalue weighted by Gasteiger charge is -2.07. The molecular formula is C16H19ClO4. The van der Waals surface area contributed by atoms with Gasteiger partial charge in [0.2, 0.25) is 11.2 Å². The first kappa shape index (κ1) is 15.7. The molecule has 0 spiro atoms. The third-order valence-electron chi connectivity index (χ3n) is 3.23. The van der Waals surface area contributed by atoms with E-state index in [-0.39, 0.29) is 11.2 Å². The molecule has 0 atom stereocenters. The van der Waals surface area contributed by atoms with E-state index < -0.39 is 0 Å². The summed E-state index contributed by atoms with van der Waals surface area (Å²) in [6.45, 7) is 0.628. The molecule has 0 fully saturated rings. The van der Waals surface area contributed by atoms with E-state index in [1.807, 2.05) is 0 Å². The summed E-state index contributed by atoms with van der Waals surface area (Å²) >= 11 is 5.63. The molecule has 1 heterocycles. The molecule has 0 amide bonds. The van der Waals surface area contributed by atoms with Gasteiger partial charge in [0, 0.05) is 5.88 Å². The zero-order valence-corrected chi connectivity index (χ0v) is 12.8. The number of hydrogen-bond donors (Lipinski definition) is 0. The Hall–Kier alpha value is -1.68. The SMILES string of the molecule is COc1coc2ccc(OCCCCCCCl)cc2c1=O. The Morgan fingerprint density at radius 2 is 2.00 bits per heavy atom. The Kier molecular flexibility index (Phi) is 5.93. The van der Waals surface area contributed by atoms with Crippen LogP contribution in [0.3, 0.4) is 0 Å². The Morgan fingerprint density at radius 3 is 2.76 bits per heavy atom. The third kappa shape index (κ3) is 4.14. The van der Waals surface area contributed by atoms with E-state index in [2.05, 4.69) is 0 Å². The average molecular weight is 311 g/mol. The van der Waals surface area contributed by atoms with Crippen LogP contribution in [0.15, 0.2) is 33.7 Å². The number of rotatable bonds is 8. The van der Waals surface area contributed by atoms with Crippen molar-refractivity contribution in [3.05, 3.63) is 34.7 Å². The second kappa shape index (κ2) is 7.93. The quantitative estimate of drug-likeness (QED) is 0.546. The predicted molar refractivity (Wildman–Crippen MR) is 83.7 cm³/mol. The second-order valence-corrected chi connectivity index (χ2v) is 5.12. The molecule has 0 bridgehead atoms. The minimum atomic E-state index is -0.189. The maximum Gasteiger partial charge on any atom is 0.234 e. The van der Waals surface area contributed by atoms with Crippen LogP contribution in [0.1, 0.15) is 25.7 Å². The molecule has 2 aromatic rings. The molecule has 0 aliphatic heterocycles. The van der Waals surface area contributed by atoms with Gasteiger partial charge < -0.3 is 13.9 Å². The number of benzene rings is 1. The molecular weight excluding hydrogens is 292 g/mol. The number of halogens is 1. The zero-order valence-electron chi connectivity index (χ0n) is 12.1. The number of ether oxygens (including phenoxy) is 2. The molecule has 0 aliphatic rings. The molecule has 1 aromatic heterocycles. The van der Waals surface area contributed by atoms with Gasteiger partial charge in [-0.15, -0.1) is 11.6 Å². The van der Waals surface area contributed by atoms with Gasteiger partial charge in [0.25, 0.3) is 0 Å². The summed E-state index contributed by atoms with van der Waals surface area (Å²) in [6.07, 6.45) is 5.55. The fourth-order valence-electron chi connectivity index (χ4n) is 2.06. The number of fused-ring (bicyclic) bond motifs is 1. The third-order valence-corrected chi connectivity index (χ3v) is 3.50. The second-order valence-electron chi connectivity index (χ2n) is 4.74. The van der Waals surface area contributed by atoms with Gasteiger partial charge >= 0.3 is 0 Å². The van der Waals surface area contributed by atoms with Crippen molar-refractivity contribution in [3.8, 4) is 11.5 Å². The van der Waals surface area contributed by atoms with E-state index in [1.54, 1.807) is 18.2 Å². The highest BCUT2D eigenvalue weighted by Crippen LogP contribution is 2.21. The molecule has 0 saturated heterocycles. The summed E-state index contributed by atoms with van der Waals surface area (Å²) in [5, 5.41) is 0.467. The molecule has 5 heteroatoms. The van der Waals surface area contributed by atoms with E-state index in [9.17, 15) is 4.79 Å². The van der Waals surface area contributed by atoms with Crippen molar-refractivity contribution >= 4 is 22.6 Å². The van der Waals surface area contributed by atoms with Gasteiger partial charge in [-0.2, -0.15) is 0 Å². The van der Waals surface area contributed by atoms with Crippen LogP contribution in [0.4, 0.5) is 0 Å². The van der Waals surface area contributed by atoms with Crippen molar-refractivity contribution in [3.63, 3.8) is 0 Å². The maximum absolute atomic E-state index is 12.1. The Morgan fingerprint density at radius 1 is 1.19 bits per heavy atom. The maximum atomic E-state index is 12.1. The van der Waals surface area contributed by atoms with Crippen molar-refractivity contribution in [1.82, 2.24) is 0 Å². The molecule has 0 radical (unpaired) electrons. The largest absolute Gasteiger partial charge is 0.494 e. The van der Waals surface area contributed by atoms with E-state index in [0.717, 1.165) is 25.7 Å². The normalized spacial score (nSPS) is 10.8. The summed E-state index contributed by atoms with van der Waals surface area (Å²) in [6, 6.07) is 5.23. The van der Waals surface area contributed by atoms with Crippen LogP contribution < -0.4 is 14.9 Å². The molecule has 0 saturated carbocycles. The molecule has 0 N–H and O–H groups in total. The number of unbranched alkanes of at least 4 members (excludes halogenated alkanes) is 3. The van der Waals surface area contributed by atoms with Gasteiger partial charge in [0.05, 0.1) is 19.1 Å². The molecule has 0 unspecified atom stereocenters. The smallest absolute Gasteiger partial charge is 0.234 e. The van der Waals surface area contributed by atoms with Crippen LogP contribution in [0.5, 0.6) is 11.5 Å². The van der Waals surface area contributed by atoms with Gasteiger partial charge in [0.15, 0.2) is 0 Å². The van der Waals surface area contributed by atoms with Crippen LogP contribution in [0, 0.1) is 0 Å². The predicted octanol–water partition coefficient (Wildman–Crippen LogP) is 3.98. The zero-order chi connectivity index (χ0) is 15.1. The summed E-state index contributed by atoms with van der Waals surface area (Å²) < 4.78 is 16.0. The van der Waals surface area contributed by atoms with E-state index in [4.69, 9.17) is 25.5 Å². The van der Waals surface area contributed by atoms with Gasteiger partial charge in [-0.1, -0.05) is 12.8 Å². The van der Waals surface area contributed by atoms with Crippen molar-refractivity contribution in [1.29, 1.82) is 0 Å². The summed E-state index contributed by atoms with van der Waals surface area (Å²) in [5.74, 6) is 1.57. The van der Waals surface area contributed by atoms with Gasteiger partial charge in [-0.05, 0) is 31.0 Å². The summed E-state index contributed by atoms with van der Waals surface area (Å²) in [4.78, 5) is 12.1. The topological polar surface area (TPSA) is 48.7 Å². The van der Waals surface area contributed by atoms with Crippen LogP contribution in [0.2, 0.25) is 0 Å². The van der Waals surface area contributed by atoms with Crippen LogP contribution >= 0.6 is 11.6 Å². The van der Waals surface area contributed by atoms with E-state index in [1.165, 1.54) is 13.4 Å². The molecule has 21 heavy (non-hydrogen) atoms. The Labute approximate surface area is 128 Å². The molecule has 114 valence electrons. The fraction of sp³-hybridized carbons (Fsp3) is 0.438.